The Bertz CT molecular complexity index is 233. The highest BCUT2D eigenvalue weighted by Crippen LogP contribution is 2.10. The molecule has 0 aromatic heterocycles. The molecule has 72 valence electrons. The second-order valence-corrected chi connectivity index (χ2v) is 6.12. The van der Waals surface area contributed by atoms with Crippen molar-refractivity contribution in [3.05, 3.63) is 0 Å². The molecule has 0 aliphatic carbocycles. The van der Waals surface area contributed by atoms with E-state index in [1.807, 2.05) is 0 Å². The van der Waals surface area contributed by atoms with Gasteiger partial charge in [0.25, 0.3) is 0 Å². The SMILES string of the molecule is CC(C)C[C@@H]1CS(=O)(=O)CCN1. The van der Waals surface area contributed by atoms with Crippen LogP contribution < -0.4 is 5.32 Å². The molecule has 0 bridgehead atoms. The van der Waals surface area contributed by atoms with Crippen LogP contribution in [0.5, 0.6) is 0 Å². The summed E-state index contributed by atoms with van der Waals surface area (Å²) >= 11 is 0. The van der Waals surface area contributed by atoms with E-state index in [1.165, 1.54) is 0 Å². The van der Waals surface area contributed by atoms with Gasteiger partial charge in [-0.2, -0.15) is 0 Å². The van der Waals surface area contributed by atoms with E-state index in [1.54, 1.807) is 0 Å². The summed E-state index contributed by atoms with van der Waals surface area (Å²) in [5.74, 6) is 1.20. The molecule has 1 atom stereocenters. The Kier molecular flexibility index (Phi) is 3.12. The van der Waals surface area contributed by atoms with Crippen molar-refractivity contribution >= 4 is 9.84 Å². The van der Waals surface area contributed by atoms with Crippen LogP contribution in [0.4, 0.5) is 0 Å². The third kappa shape index (κ3) is 3.11. The number of sulfone groups is 1. The smallest absolute Gasteiger partial charge is 0.153 e. The van der Waals surface area contributed by atoms with Gasteiger partial charge in [-0.25, -0.2) is 8.42 Å². The van der Waals surface area contributed by atoms with Crippen LogP contribution in [0.3, 0.4) is 0 Å². The Morgan fingerprint density at radius 3 is 2.67 bits per heavy atom. The average molecular weight is 191 g/mol. The summed E-state index contributed by atoms with van der Waals surface area (Å²) in [6.07, 6.45) is 0.958. The Morgan fingerprint density at radius 1 is 1.50 bits per heavy atom. The largest absolute Gasteiger partial charge is 0.312 e. The number of hydrogen-bond donors (Lipinski definition) is 1. The fraction of sp³-hybridized carbons (Fsp3) is 1.00. The first kappa shape index (κ1) is 9.99. The molecule has 1 rings (SSSR count). The second kappa shape index (κ2) is 3.75. The third-order valence-electron chi connectivity index (χ3n) is 2.06. The lowest BCUT2D eigenvalue weighted by Crippen LogP contribution is -2.45. The van der Waals surface area contributed by atoms with Crippen LogP contribution in [0.2, 0.25) is 0 Å². The van der Waals surface area contributed by atoms with Crippen molar-refractivity contribution in [1.82, 2.24) is 5.32 Å². The third-order valence-corrected chi connectivity index (χ3v) is 3.79. The zero-order valence-electron chi connectivity index (χ0n) is 7.71. The lowest BCUT2D eigenvalue weighted by atomic mass is 10.1. The van der Waals surface area contributed by atoms with E-state index in [-0.39, 0.29) is 6.04 Å². The average Bonchev–Trinajstić information content (AvgIpc) is 1.82. The van der Waals surface area contributed by atoms with Crippen molar-refractivity contribution in [2.75, 3.05) is 18.1 Å². The van der Waals surface area contributed by atoms with Crippen LogP contribution in [0, 0.1) is 5.92 Å². The van der Waals surface area contributed by atoms with Crippen molar-refractivity contribution in [2.24, 2.45) is 5.92 Å². The predicted octanol–water partition coefficient (Wildman–Crippen LogP) is 0.419. The minimum Gasteiger partial charge on any atom is -0.312 e. The first-order chi connectivity index (χ1) is 5.49. The summed E-state index contributed by atoms with van der Waals surface area (Å²) in [7, 11) is -2.74. The maximum Gasteiger partial charge on any atom is 0.153 e. The maximum absolute atomic E-state index is 11.2. The van der Waals surface area contributed by atoms with E-state index in [2.05, 4.69) is 19.2 Å². The Morgan fingerprint density at radius 2 is 2.17 bits per heavy atom. The molecule has 3 nitrogen and oxygen atoms in total. The van der Waals surface area contributed by atoms with Crippen LogP contribution in [0.1, 0.15) is 20.3 Å². The van der Waals surface area contributed by atoms with E-state index >= 15 is 0 Å². The molecule has 1 aliphatic heterocycles. The van der Waals surface area contributed by atoms with E-state index < -0.39 is 9.84 Å². The minimum absolute atomic E-state index is 0.184. The summed E-state index contributed by atoms with van der Waals surface area (Å²) in [4.78, 5) is 0. The standard InChI is InChI=1S/C8H17NO2S/c1-7(2)5-8-6-12(10,11)4-3-9-8/h7-9H,3-6H2,1-2H3/t8-/m1/s1. The quantitative estimate of drug-likeness (QED) is 0.688. The monoisotopic (exact) mass is 191 g/mol. The van der Waals surface area contributed by atoms with Gasteiger partial charge in [-0.3, -0.25) is 0 Å². The molecule has 1 saturated heterocycles. The molecule has 12 heavy (non-hydrogen) atoms. The van der Waals surface area contributed by atoms with Gasteiger partial charge in [-0.05, 0) is 12.3 Å². The van der Waals surface area contributed by atoms with Crippen molar-refractivity contribution in [3.8, 4) is 0 Å². The second-order valence-electron chi connectivity index (χ2n) is 3.89. The van der Waals surface area contributed by atoms with Gasteiger partial charge in [0, 0.05) is 12.6 Å². The maximum atomic E-state index is 11.2. The number of rotatable bonds is 2. The van der Waals surface area contributed by atoms with Crippen molar-refractivity contribution < 1.29 is 8.42 Å². The van der Waals surface area contributed by atoms with E-state index in [9.17, 15) is 8.42 Å². The zero-order valence-corrected chi connectivity index (χ0v) is 8.52. The van der Waals surface area contributed by atoms with Crippen molar-refractivity contribution in [2.45, 2.75) is 26.3 Å². The normalized spacial score (nSPS) is 29.1. The molecule has 1 aliphatic rings. The highest BCUT2D eigenvalue weighted by molar-refractivity contribution is 7.91. The Labute approximate surface area is 74.5 Å². The van der Waals surface area contributed by atoms with Crippen LogP contribution >= 0.6 is 0 Å². The first-order valence-corrected chi connectivity index (χ1v) is 6.25. The predicted molar refractivity (Wildman–Crippen MR) is 49.9 cm³/mol. The molecule has 0 saturated carbocycles. The van der Waals surface area contributed by atoms with Crippen molar-refractivity contribution in [3.63, 3.8) is 0 Å². The van der Waals surface area contributed by atoms with E-state index in [0.29, 0.717) is 24.0 Å². The van der Waals surface area contributed by atoms with Gasteiger partial charge in [-0.1, -0.05) is 13.8 Å². The molecule has 1 fully saturated rings. The fourth-order valence-electron chi connectivity index (χ4n) is 1.59. The molecule has 0 aromatic rings. The lowest BCUT2D eigenvalue weighted by Gasteiger charge is -2.24. The summed E-state index contributed by atoms with van der Waals surface area (Å²) in [6, 6.07) is 0.184. The highest BCUT2D eigenvalue weighted by Gasteiger charge is 2.24. The summed E-state index contributed by atoms with van der Waals surface area (Å²) in [5, 5.41) is 3.23. The van der Waals surface area contributed by atoms with E-state index in [0.717, 1.165) is 6.42 Å². The molecule has 0 aromatic carbocycles. The van der Waals surface area contributed by atoms with Gasteiger partial charge in [0.05, 0.1) is 11.5 Å². The molecular weight excluding hydrogens is 174 g/mol. The lowest BCUT2D eigenvalue weighted by molar-refractivity contribution is 0.436. The minimum atomic E-state index is -2.74. The molecule has 0 spiro atoms. The molecular formula is C8H17NO2S. The van der Waals surface area contributed by atoms with Gasteiger partial charge in [-0.15, -0.1) is 0 Å². The summed E-state index contributed by atoms with van der Waals surface area (Å²) in [5.41, 5.74) is 0. The molecule has 1 N–H and O–H groups in total. The summed E-state index contributed by atoms with van der Waals surface area (Å²) < 4.78 is 22.4. The van der Waals surface area contributed by atoms with Gasteiger partial charge in [0.2, 0.25) is 0 Å². The molecule has 0 amide bonds. The molecule has 0 unspecified atom stereocenters. The highest BCUT2D eigenvalue weighted by atomic mass is 32.2. The van der Waals surface area contributed by atoms with E-state index in [4.69, 9.17) is 0 Å². The van der Waals surface area contributed by atoms with Crippen LogP contribution in [-0.2, 0) is 9.84 Å². The zero-order chi connectivity index (χ0) is 9.19. The first-order valence-electron chi connectivity index (χ1n) is 4.43. The Balaban J connectivity index is 2.47. The molecule has 1 heterocycles. The topological polar surface area (TPSA) is 46.2 Å². The van der Waals surface area contributed by atoms with Crippen LogP contribution in [0.15, 0.2) is 0 Å². The Hall–Kier alpha value is -0.0900. The van der Waals surface area contributed by atoms with Gasteiger partial charge in [0.1, 0.15) is 0 Å². The number of nitrogens with one attached hydrogen (secondary N) is 1. The van der Waals surface area contributed by atoms with Crippen molar-refractivity contribution in [1.29, 1.82) is 0 Å². The molecule has 0 radical (unpaired) electrons. The fourth-order valence-corrected chi connectivity index (χ4v) is 3.05. The number of hydrogen-bond acceptors (Lipinski definition) is 3. The van der Waals surface area contributed by atoms with Crippen LogP contribution in [0.25, 0.3) is 0 Å². The van der Waals surface area contributed by atoms with Gasteiger partial charge < -0.3 is 5.32 Å². The van der Waals surface area contributed by atoms with Crippen LogP contribution in [-0.4, -0.2) is 32.5 Å². The summed E-state index contributed by atoms with van der Waals surface area (Å²) in [6.45, 7) is 4.85. The van der Waals surface area contributed by atoms with Gasteiger partial charge in [0.15, 0.2) is 9.84 Å². The molecule has 4 heteroatoms. The van der Waals surface area contributed by atoms with Gasteiger partial charge >= 0.3 is 0 Å².